The van der Waals surface area contributed by atoms with Gasteiger partial charge in [0.2, 0.25) is 18.6 Å². The third-order valence-electron chi connectivity index (χ3n) is 5.35. The van der Waals surface area contributed by atoms with Crippen molar-refractivity contribution in [2.75, 3.05) is 24.8 Å². The Hall–Kier alpha value is -3.00. The minimum Gasteiger partial charge on any atom is -0.454 e. The molecule has 1 aromatic carbocycles. The van der Waals surface area contributed by atoms with Gasteiger partial charge in [-0.2, -0.15) is 0 Å². The summed E-state index contributed by atoms with van der Waals surface area (Å²) in [6.45, 7) is 2.13. The highest BCUT2D eigenvalue weighted by Crippen LogP contribution is 2.32. The predicted octanol–water partition coefficient (Wildman–Crippen LogP) is 2.64. The van der Waals surface area contributed by atoms with Gasteiger partial charge < -0.3 is 19.7 Å². The smallest absolute Gasteiger partial charge is 0.231 e. The highest BCUT2D eigenvalue weighted by Gasteiger charge is 2.28. The summed E-state index contributed by atoms with van der Waals surface area (Å²) in [6.07, 6.45) is 3.65. The van der Waals surface area contributed by atoms with Gasteiger partial charge in [-0.1, -0.05) is 17.7 Å². The van der Waals surface area contributed by atoms with Gasteiger partial charge in [0.1, 0.15) is 0 Å². The van der Waals surface area contributed by atoms with Gasteiger partial charge in [0.25, 0.3) is 0 Å². The van der Waals surface area contributed by atoms with Gasteiger partial charge in [-0.05, 0) is 42.7 Å². The van der Waals surface area contributed by atoms with Crippen molar-refractivity contribution in [3.05, 3.63) is 47.1 Å². The summed E-state index contributed by atoms with van der Waals surface area (Å²) >= 11 is 6.20. The van der Waals surface area contributed by atoms with Gasteiger partial charge in [0.15, 0.2) is 17.1 Å². The molecular formula is C20H20ClN5O3. The molecule has 1 amide bonds. The van der Waals surface area contributed by atoms with Gasteiger partial charge in [-0.15, -0.1) is 10.2 Å². The van der Waals surface area contributed by atoms with E-state index in [-0.39, 0.29) is 18.6 Å². The molecule has 0 unspecified atom stereocenters. The molecule has 5 rings (SSSR count). The largest absolute Gasteiger partial charge is 0.454 e. The number of halogens is 1. The standard InChI is InChI=1S/C20H20ClN5O3/c21-15-4-2-8-26-18(15)23-24-20(26)25-7-1-3-14(11-25)19(27)22-10-13-5-6-16-17(9-13)29-12-28-16/h2,4-6,8-9,14H,1,3,7,10-12H2,(H,22,27)/t14-/m1/s1. The number of fused-ring (bicyclic) bond motifs is 2. The topological polar surface area (TPSA) is 81.0 Å². The fourth-order valence-electron chi connectivity index (χ4n) is 3.84. The van der Waals surface area contributed by atoms with E-state index < -0.39 is 0 Å². The number of ether oxygens (including phenoxy) is 2. The molecule has 3 aromatic rings. The molecule has 0 radical (unpaired) electrons. The summed E-state index contributed by atoms with van der Waals surface area (Å²) in [7, 11) is 0. The van der Waals surface area contributed by atoms with E-state index in [9.17, 15) is 4.79 Å². The molecule has 1 N–H and O–H groups in total. The number of rotatable bonds is 4. The molecule has 1 saturated heterocycles. The lowest BCUT2D eigenvalue weighted by Gasteiger charge is -2.32. The molecule has 150 valence electrons. The number of carbonyl (C=O) groups is 1. The van der Waals surface area contributed by atoms with E-state index in [0.717, 1.165) is 42.4 Å². The van der Waals surface area contributed by atoms with Gasteiger partial charge in [-0.25, -0.2) is 0 Å². The fraction of sp³-hybridized carbons (Fsp3) is 0.350. The second-order valence-corrected chi connectivity index (χ2v) is 7.65. The van der Waals surface area contributed by atoms with Crippen molar-refractivity contribution in [2.24, 2.45) is 5.92 Å². The molecule has 0 spiro atoms. The molecule has 0 aliphatic carbocycles. The molecule has 0 bridgehead atoms. The summed E-state index contributed by atoms with van der Waals surface area (Å²) < 4.78 is 12.6. The van der Waals surface area contributed by atoms with Crippen molar-refractivity contribution >= 4 is 29.1 Å². The fourth-order valence-corrected chi connectivity index (χ4v) is 4.05. The van der Waals surface area contributed by atoms with Crippen molar-refractivity contribution in [3.8, 4) is 11.5 Å². The number of hydrogen-bond acceptors (Lipinski definition) is 6. The molecule has 2 aliphatic rings. The molecule has 1 fully saturated rings. The number of nitrogens with one attached hydrogen (secondary N) is 1. The minimum atomic E-state index is -0.107. The number of anilines is 1. The molecule has 2 aliphatic heterocycles. The number of benzene rings is 1. The maximum atomic E-state index is 12.8. The van der Waals surface area contributed by atoms with Crippen molar-refractivity contribution in [2.45, 2.75) is 19.4 Å². The molecular weight excluding hydrogens is 394 g/mol. The first-order valence-electron chi connectivity index (χ1n) is 9.59. The summed E-state index contributed by atoms with van der Waals surface area (Å²) in [5.74, 6) is 2.11. The normalized spacial score (nSPS) is 18.2. The molecule has 1 atom stereocenters. The van der Waals surface area contributed by atoms with E-state index >= 15 is 0 Å². The van der Waals surface area contributed by atoms with Crippen LogP contribution >= 0.6 is 11.6 Å². The summed E-state index contributed by atoms with van der Waals surface area (Å²) in [4.78, 5) is 14.9. The van der Waals surface area contributed by atoms with Gasteiger partial charge >= 0.3 is 0 Å². The Morgan fingerprint density at radius 3 is 3.07 bits per heavy atom. The van der Waals surface area contributed by atoms with Gasteiger partial charge in [0, 0.05) is 25.8 Å². The third-order valence-corrected chi connectivity index (χ3v) is 5.64. The molecule has 9 heteroatoms. The van der Waals surface area contributed by atoms with Crippen LogP contribution in [0, 0.1) is 5.92 Å². The van der Waals surface area contributed by atoms with Gasteiger partial charge in [-0.3, -0.25) is 9.20 Å². The Morgan fingerprint density at radius 1 is 1.24 bits per heavy atom. The molecule has 0 saturated carbocycles. The second kappa shape index (κ2) is 7.44. The monoisotopic (exact) mass is 413 g/mol. The number of nitrogens with zero attached hydrogens (tertiary/aromatic N) is 4. The van der Waals surface area contributed by atoms with Crippen molar-refractivity contribution in [1.82, 2.24) is 19.9 Å². The van der Waals surface area contributed by atoms with E-state index in [2.05, 4.69) is 20.4 Å². The van der Waals surface area contributed by atoms with Crippen LogP contribution in [0.1, 0.15) is 18.4 Å². The van der Waals surface area contributed by atoms with Crippen LogP contribution in [0.25, 0.3) is 5.65 Å². The Labute approximate surface area is 172 Å². The lowest BCUT2D eigenvalue weighted by molar-refractivity contribution is -0.125. The van der Waals surface area contributed by atoms with Crippen LogP contribution < -0.4 is 19.7 Å². The first-order valence-corrected chi connectivity index (χ1v) is 9.97. The number of piperidine rings is 1. The lowest BCUT2D eigenvalue weighted by atomic mass is 9.97. The quantitative estimate of drug-likeness (QED) is 0.708. The first kappa shape index (κ1) is 18.1. The van der Waals surface area contributed by atoms with Crippen molar-refractivity contribution < 1.29 is 14.3 Å². The highest BCUT2D eigenvalue weighted by atomic mass is 35.5. The Morgan fingerprint density at radius 2 is 2.14 bits per heavy atom. The maximum Gasteiger partial charge on any atom is 0.231 e. The van der Waals surface area contributed by atoms with Gasteiger partial charge in [0.05, 0.1) is 10.9 Å². The van der Waals surface area contributed by atoms with Crippen LogP contribution in [0.15, 0.2) is 36.5 Å². The highest BCUT2D eigenvalue weighted by molar-refractivity contribution is 6.33. The Bertz CT molecular complexity index is 1070. The van der Waals surface area contributed by atoms with Crippen LogP contribution in [0.4, 0.5) is 5.95 Å². The number of carbonyl (C=O) groups excluding carboxylic acids is 1. The SMILES string of the molecule is O=C(NCc1ccc2c(c1)OCO2)[C@@H]1CCCN(c2nnc3c(Cl)cccn23)C1. The molecule has 4 heterocycles. The van der Waals surface area contributed by atoms with Crippen LogP contribution in [0.5, 0.6) is 11.5 Å². The molecule has 29 heavy (non-hydrogen) atoms. The van der Waals surface area contributed by atoms with Crippen LogP contribution in [-0.2, 0) is 11.3 Å². The first-order chi connectivity index (χ1) is 14.2. The third kappa shape index (κ3) is 3.44. The van der Waals surface area contributed by atoms with Crippen LogP contribution in [0.3, 0.4) is 0 Å². The van der Waals surface area contributed by atoms with Crippen molar-refractivity contribution in [3.63, 3.8) is 0 Å². The van der Waals surface area contributed by atoms with Crippen LogP contribution in [-0.4, -0.2) is 40.4 Å². The zero-order chi connectivity index (χ0) is 19.8. The number of pyridine rings is 1. The second-order valence-electron chi connectivity index (χ2n) is 7.24. The number of aromatic nitrogens is 3. The van der Waals surface area contributed by atoms with E-state index in [4.69, 9.17) is 21.1 Å². The van der Waals surface area contributed by atoms with E-state index in [1.165, 1.54) is 0 Å². The summed E-state index contributed by atoms with van der Waals surface area (Å²) in [5.41, 5.74) is 1.60. The van der Waals surface area contributed by atoms with Crippen molar-refractivity contribution in [1.29, 1.82) is 0 Å². The summed E-state index contributed by atoms with van der Waals surface area (Å²) in [5, 5.41) is 12.1. The maximum absolute atomic E-state index is 12.8. The average molecular weight is 414 g/mol. The molecule has 8 nitrogen and oxygen atoms in total. The zero-order valence-electron chi connectivity index (χ0n) is 15.7. The zero-order valence-corrected chi connectivity index (χ0v) is 16.4. The average Bonchev–Trinajstić information content (AvgIpc) is 3.39. The Kier molecular flexibility index (Phi) is 4.63. The van der Waals surface area contributed by atoms with E-state index in [1.54, 1.807) is 6.07 Å². The number of amides is 1. The van der Waals surface area contributed by atoms with E-state index in [1.807, 2.05) is 34.9 Å². The Balaban J connectivity index is 1.25. The van der Waals surface area contributed by atoms with Crippen LogP contribution in [0.2, 0.25) is 5.02 Å². The lowest BCUT2D eigenvalue weighted by Crippen LogP contribution is -2.43. The number of hydrogen-bond donors (Lipinski definition) is 1. The predicted molar refractivity (Wildman–Crippen MR) is 107 cm³/mol. The summed E-state index contributed by atoms with van der Waals surface area (Å²) in [6, 6.07) is 9.36. The molecule has 2 aromatic heterocycles. The van der Waals surface area contributed by atoms with E-state index in [0.29, 0.717) is 23.8 Å². The minimum absolute atomic E-state index is 0.0409.